The molecule has 4 nitrogen and oxygen atoms in total. The molecule has 74 valence electrons. The molecule has 0 saturated heterocycles. The summed E-state index contributed by atoms with van der Waals surface area (Å²) >= 11 is 0. The lowest BCUT2D eigenvalue weighted by atomic mass is 10.2. The van der Waals surface area contributed by atoms with Crippen LogP contribution in [-0.2, 0) is 6.54 Å². The van der Waals surface area contributed by atoms with E-state index in [1.807, 2.05) is 13.8 Å². The second kappa shape index (κ2) is 4.39. The molecule has 1 aromatic heterocycles. The van der Waals surface area contributed by atoms with E-state index in [0.717, 1.165) is 5.76 Å². The summed E-state index contributed by atoms with van der Waals surface area (Å²) in [5.41, 5.74) is 0. The smallest absolute Gasteiger partial charge is 0.208 e. The number of aliphatic hydroxyl groups is 1. The van der Waals surface area contributed by atoms with Gasteiger partial charge in [-0.2, -0.15) is 0 Å². The first-order valence-corrected chi connectivity index (χ1v) is 4.42. The Hall–Kier alpha value is -0.870. The van der Waals surface area contributed by atoms with Crippen LogP contribution in [0, 0.1) is 6.92 Å². The Labute approximate surface area is 78.0 Å². The van der Waals surface area contributed by atoms with Gasteiger partial charge in [0.25, 0.3) is 0 Å². The van der Waals surface area contributed by atoms with Crippen LogP contribution >= 0.6 is 0 Å². The summed E-state index contributed by atoms with van der Waals surface area (Å²) in [4.78, 5) is 4.04. The van der Waals surface area contributed by atoms with E-state index < -0.39 is 0 Å². The highest BCUT2D eigenvalue weighted by Crippen LogP contribution is 2.01. The molecule has 4 heteroatoms. The third kappa shape index (κ3) is 3.16. The van der Waals surface area contributed by atoms with E-state index in [-0.39, 0.29) is 12.1 Å². The number of nitrogens with zero attached hydrogens (tertiary/aromatic N) is 1. The second-order valence-electron chi connectivity index (χ2n) is 3.27. The van der Waals surface area contributed by atoms with Crippen LogP contribution in [0.5, 0.6) is 0 Å². The Morgan fingerprint density at radius 2 is 2.31 bits per heavy atom. The number of hydrogen-bond acceptors (Lipinski definition) is 4. The number of aryl methyl sites for hydroxylation is 1. The van der Waals surface area contributed by atoms with Gasteiger partial charge >= 0.3 is 0 Å². The van der Waals surface area contributed by atoms with Crippen LogP contribution in [0.1, 0.15) is 25.5 Å². The van der Waals surface area contributed by atoms with Gasteiger partial charge < -0.3 is 14.8 Å². The molecule has 13 heavy (non-hydrogen) atoms. The minimum atomic E-state index is -0.365. The molecule has 2 unspecified atom stereocenters. The summed E-state index contributed by atoms with van der Waals surface area (Å²) in [6.07, 6.45) is 1.32. The Morgan fingerprint density at radius 1 is 1.62 bits per heavy atom. The minimum absolute atomic E-state index is 0.0483. The molecule has 0 aliphatic carbocycles. The SMILES string of the molecule is Cc1cnc(CNC(C)C(C)O)o1. The molecule has 0 aliphatic rings. The van der Waals surface area contributed by atoms with Crippen LogP contribution in [0.15, 0.2) is 10.6 Å². The van der Waals surface area contributed by atoms with Crippen molar-refractivity contribution < 1.29 is 9.52 Å². The van der Waals surface area contributed by atoms with Crippen molar-refractivity contribution >= 4 is 0 Å². The van der Waals surface area contributed by atoms with Gasteiger partial charge in [0.2, 0.25) is 5.89 Å². The highest BCUT2D eigenvalue weighted by atomic mass is 16.4. The predicted molar refractivity (Wildman–Crippen MR) is 49.2 cm³/mol. The van der Waals surface area contributed by atoms with E-state index in [4.69, 9.17) is 4.42 Å². The van der Waals surface area contributed by atoms with Crippen molar-refractivity contribution in [3.05, 3.63) is 17.8 Å². The molecule has 0 aliphatic heterocycles. The van der Waals surface area contributed by atoms with Gasteiger partial charge in [0.1, 0.15) is 5.76 Å². The van der Waals surface area contributed by atoms with Gasteiger partial charge in [-0.05, 0) is 20.8 Å². The monoisotopic (exact) mass is 184 g/mol. The van der Waals surface area contributed by atoms with Gasteiger partial charge in [-0.15, -0.1) is 0 Å². The average molecular weight is 184 g/mol. The summed E-state index contributed by atoms with van der Waals surface area (Å²) in [6.45, 7) is 6.08. The number of oxazole rings is 1. The molecule has 0 spiro atoms. The molecule has 0 amide bonds. The number of nitrogens with one attached hydrogen (secondary N) is 1. The number of aromatic nitrogens is 1. The maximum atomic E-state index is 9.19. The molecular formula is C9H16N2O2. The molecule has 0 bridgehead atoms. The fourth-order valence-electron chi connectivity index (χ4n) is 0.902. The van der Waals surface area contributed by atoms with Crippen molar-refractivity contribution in [1.82, 2.24) is 10.3 Å². The summed E-state index contributed by atoms with van der Waals surface area (Å²) in [6, 6.07) is 0.0483. The van der Waals surface area contributed by atoms with E-state index in [1.54, 1.807) is 13.1 Å². The zero-order valence-corrected chi connectivity index (χ0v) is 8.24. The molecule has 2 atom stereocenters. The van der Waals surface area contributed by atoms with Crippen LogP contribution < -0.4 is 5.32 Å². The van der Waals surface area contributed by atoms with Crippen molar-refractivity contribution in [1.29, 1.82) is 0 Å². The molecule has 0 aromatic carbocycles. The van der Waals surface area contributed by atoms with Crippen LogP contribution in [0.25, 0.3) is 0 Å². The zero-order chi connectivity index (χ0) is 9.84. The molecule has 0 saturated carbocycles. The summed E-state index contributed by atoms with van der Waals surface area (Å²) < 4.78 is 5.26. The van der Waals surface area contributed by atoms with Crippen LogP contribution in [0.2, 0.25) is 0 Å². The Kier molecular flexibility index (Phi) is 3.45. The molecule has 0 fully saturated rings. The Balaban J connectivity index is 2.35. The lowest BCUT2D eigenvalue weighted by molar-refractivity contribution is 0.150. The van der Waals surface area contributed by atoms with Crippen molar-refractivity contribution in [3.8, 4) is 0 Å². The maximum absolute atomic E-state index is 9.19. The molecular weight excluding hydrogens is 168 g/mol. The van der Waals surface area contributed by atoms with Crippen molar-refractivity contribution in [2.75, 3.05) is 0 Å². The van der Waals surface area contributed by atoms with E-state index in [9.17, 15) is 5.11 Å². The van der Waals surface area contributed by atoms with Crippen LogP contribution in [0.4, 0.5) is 0 Å². The van der Waals surface area contributed by atoms with E-state index in [0.29, 0.717) is 12.4 Å². The molecule has 1 heterocycles. The first-order chi connectivity index (χ1) is 6.09. The number of aliphatic hydroxyl groups excluding tert-OH is 1. The largest absolute Gasteiger partial charge is 0.445 e. The van der Waals surface area contributed by atoms with E-state index in [2.05, 4.69) is 10.3 Å². The number of hydrogen-bond donors (Lipinski definition) is 2. The quantitative estimate of drug-likeness (QED) is 0.728. The van der Waals surface area contributed by atoms with Gasteiger partial charge in [0, 0.05) is 6.04 Å². The third-order valence-corrected chi connectivity index (χ3v) is 1.97. The van der Waals surface area contributed by atoms with Gasteiger partial charge in [-0.25, -0.2) is 4.98 Å². The van der Waals surface area contributed by atoms with E-state index in [1.165, 1.54) is 0 Å². The van der Waals surface area contributed by atoms with Crippen LogP contribution in [-0.4, -0.2) is 22.2 Å². The Bertz CT molecular complexity index is 258. The lowest BCUT2D eigenvalue weighted by Crippen LogP contribution is -2.34. The molecule has 0 radical (unpaired) electrons. The maximum Gasteiger partial charge on any atom is 0.208 e. The first kappa shape index (κ1) is 10.2. The normalized spacial score (nSPS) is 15.7. The highest BCUT2D eigenvalue weighted by Gasteiger charge is 2.08. The lowest BCUT2D eigenvalue weighted by Gasteiger charge is -2.14. The molecule has 1 rings (SSSR count). The number of rotatable bonds is 4. The fourth-order valence-corrected chi connectivity index (χ4v) is 0.902. The van der Waals surface area contributed by atoms with Crippen molar-refractivity contribution in [3.63, 3.8) is 0 Å². The minimum Gasteiger partial charge on any atom is -0.445 e. The van der Waals surface area contributed by atoms with Gasteiger partial charge in [0.05, 0.1) is 18.8 Å². The summed E-state index contributed by atoms with van der Waals surface area (Å²) in [5.74, 6) is 1.46. The average Bonchev–Trinajstić information content (AvgIpc) is 2.47. The topological polar surface area (TPSA) is 58.3 Å². The van der Waals surface area contributed by atoms with Gasteiger partial charge in [-0.3, -0.25) is 0 Å². The van der Waals surface area contributed by atoms with Gasteiger partial charge in [0.15, 0.2) is 0 Å². The van der Waals surface area contributed by atoms with E-state index >= 15 is 0 Å². The fraction of sp³-hybridized carbons (Fsp3) is 0.667. The second-order valence-corrected chi connectivity index (χ2v) is 3.27. The van der Waals surface area contributed by atoms with Gasteiger partial charge in [-0.1, -0.05) is 0 Å². The first-order valence-electron chi connectivity index (χ1n) is 4.42. The third-order valence-electron chi connectivity index (χ3n) is 1.97. The predicted octanol–water partition coefficient (Wildman–Crippen LogP) is 0.842. The standard InChI is InChI=1S/C9H16N2O2/c1-6-4-11-9(13-6)5-10-7(2)8(3)12/h4,7-8,10,12H,5H2,1-3H3. The molecule has 2 N–H and O–H groups in total. The Morgan fingerprint density at radius 3 is 2.77 bits per heavy atom. The summed E-state index contributed by atoms with van der Waals surface area (Å²) in [5, 5.41) is 12.3. The summed E-state index contributed by atoms with van der Waals surface area (Å²) in [7, 11) is 0. The van der Waals surface area contributed by atoms with Crippen molar-refractivity contribution in [2.45, 2.75) is 39.5 Å². The zero-order valence-electron chi connectivity index (χ0n) is 8.24. The molecule has 1 aromatic rings. The van der Waals surface area contributed by atoms with Crippen LogP contribution in [0.3, 0.4) is 0 Å². The highest BCUT2D eigenvalue weighted by molar-refractivity contribution is 4.90. The van der Waals surface area contributed by atoms with Crippen molar-refractivity contribution in [2.24, 2.45) is 0 Å².